The van der Waals surface area contributed by atoms with Crippen molar-refractivity contribution < 1.29 is 29.0 Å². The first-order valence-electron chi connectivity index (χ1n) is 13.7. The fourth-order valence-corrected chi connectivity index (χ4v) is 7.43. The summed E-state index contributed by atoms with van der Waals surface area (Å²) < 4.78 is 12.1. The molecular weight excluding hydrogens is 564 g/mol. The molecule has 9 heteroatoms. The largest absolute Gasteiger partial charge is 0.465 e. The van der Waals surface area contributed by atoms with Gasteiger partial charge in [0.05, 0.1) is 37.2 Å². The van der Waals surface area contributed by atoms with Gasteiger partial charge in [-0.25, -0.2) is 0 Å². The minimum atomic E-state index is -1.22. The lowest BCUT2D eigenvalue weighted by molar-refractivity contribution is -0.157. The van der Waals surface area contributed by atoms with Crippen molar-refractivity contribution in [2.24, 2.45) is 17.8 Å². The minimum absolute atomic E-state index is 0.0820. The summed E-state index contributed by atoms with van der Waals surface area (Å²) in [6, 6.07) is 8.02. The molecular formula is C30H39BrN2O6. The molecule has 3 saturated heterocycles. The number of aliphatic hydroxyl groups is 1. The molecule has 3 heterocycles. The number of ether oxygens (including phenoxy) is 2. The molecule has 2 bridgehead atoms. The van der Waals surface area contributed by atoms with Crippen LogP contribution in [0.15, 0.2) is 55.6 Å². The number of rotatable bonds is 13. The van der Waals surface area contributed by atoms with Gasteiger partial charge in [-0.1, -0.05) is 78.7 Å². The van der Waals surface area contributed by atoms with Gasteiger partial charge in [-0.15, -0.1) is 13.2 Å². The van der Waals surface area contributed by atoms with Crippen LogP contribution in [0.4, 0.5) is 0 Å². The van der Waals surface area contributed by atoms with Crippen LogP contribution >= 0.6 is 15.9 Å². The number of carbonyl (C=O) groups excluding carboxylic acids is 3. The van der Waals surface area contributed by atoms with Gasteiger partial charge in [0.15, 0.2) is 0 Å². The van der Waals surface area contributed by atoms with Crippen LogP contribution in [0.3, 0.4) is 0 Å². The Balaban J connectivity index is 1.78. The minimum Gasteiger partial charge on any atom is -0.465 e. The highest BCUT2D eigenvalue weighted by Gasteiger charge is 2.77. The molecule has 39 heavy (non-hydrogen) atoms. The van der Waals surface area contributed by atoms with Crippen molar-refractivity contribution in [1.82, 2.24) is 9.80 Å². The Kier molecular flexibility index (Phi) is 9.34. The van der Waals surface area contributed by atoms with Gasteiger partial charge in [-0.2, -0.15) is 0 Å². The van der Waals surface area contributed by atoms with E-state index in [1.54, 1.807) is 17.1 Å². The fourth-order valence-electron chi connectivity index (χ4n) is 6.49. The number of aliphatic hydroxyl groups excluding tert-OH is 1. The quantitative estimate of drug-likeness (QED) is 0.161. The van der Waals surface area contributed by atoms with Gasteiger partial charge in [0, 0.05) is 17.9 Å². The van der Waals surface area contributed by atoms with E-state index in [0.29, 0.717) is 25.8 Å². The zero-order chi connectivity index (χ0) is 28.3. The molecule has 3 aliphatic heterocycles. The number of carbonyl (C=O) groups is 3. The third-order valence-corrected chi connectivity index (χ3v) is 9.37. The zero-order valence-electron chi connectivity index (χ0n) is 22.7. The highest BCUT2D eigenvalue weighted by atomic mass is 79.9. The molecule has 1 N–H and O–H groups in total. The third-order valence-electron chi connectivity index (χ3n) is 8.52. The van der Waals surface area contributed by atoms with Crippen LogP contribution in [0, 0.1) is 17.8 Å². The molecule has 1 aromatic rings. The molecule has 0 radical (unpaired) electrons. The second kappa shape index (κ2) is 12.4. The molecule has 212 valence electrons. The Labute approximate surface area is 239 Å². The number of amides is 2. The van der Waals surface area contributed by atoms with E-state index in [4.69, 9.17) is 9.47 Å². The van der Waals surface area contributed by atoms with E-state index in [1.165, 1.54) is 4.90 Å². The van der Waals surface area contributed by atoms with Gasteiger partial charge in [0.2, 0.25) is 11.8 Å². The van der Waals surface area contributed by atoms with Crippen molar-refractivity contribution in [3.05, 3.63) is 61.2 Å². The summed E-state index contributed by atoms with van der Waals surface area (Å²) in [7, 11) is 0. The molecule has 2 amide bonds. The number of hydrogen-bond donors (Lipinski definition) is 1. The predicted molar refractivity (Wildman–Crippen MR) is 151 cm³/mol. The number of fused-ring (bicyclic) bond motifs is 1. The van der Waals surface area contributed by atoms with Crippen molar-refractivity contribution in [2.45, 2.75) is 68.3 Å². The standard InChI is InChI=1S/C30H39BrN2O6/c1-5-8-15-38-29(37)23-24-27(35)33(22(18-34)19(4)7-3)26(30(24)16-21(31)25(23)39-30)28(36)32(14-6-2)17-20-12-10-9-11-13-20/h5-6,9-13,19,21-26,34H,1-2,7-8,14-18H2,3-4H3/t19-,21?,22-,23+,24-,25+,26?,30?/m0/s1. The lowest BCUT2D eigenvalue weighted by Crippen LogP contribution is -2.59. The maximum Gasteiger partial charge on any atom is 0.312 e. The molecule has 0 aromatic heterocycles. The average Bonchev–Trinajstić information content (AvgIpc) is 3.52. The number of likely N-dealkylation sites (tertiary alicyclic amines) is 1. The number of nitrogens with zero attached hydrogens (tertiary/aromatic N) is 2. The Bertz CT molecular complexity index is 1080. The second-order valence-electron chi connectivity index (χ2n) is 10.8. The molecule has 4 rings (SSSR count). The number of hydrogen-bond acceptors (Lipinski definition) is 6. The van der Waals surface area contributed by atoms with Gasteiger partial charge in [0.1, 0.15) is 11.6 Å². The average molecular weight is 604 g/mol. The number of esters is 1. The van der Waals surface area contributed by atoms with E-state index in [0.717, 1.165) is 5.56 Å². The lowest BCUT2D eigenvalue weighted by Gasteiger charge is -2.41. The van der Waals surface area contributed by atoms with Crippen LogP contribution < -0.4 is 0 Å². The number of alkyl halides is 1. The van der Waals surface area contributed by atoms with Crippen LogP contribution in [0.25, 0.3) is 0 Å². The molecule has 0 saturated carbocycles. The van der Waals surface area contributed by atoms with E-state index in [-0.39, 0.29) is 42.3 Å². The summed E-state index contributed by atoms with van der Waals surface area (Å²) in [5.74, 6) is -2.92. The zero-order valence-corrected chi connectivity index (χ0v) is 24.3. The van der Waals surface area contributed by atoms with Crippen molar-refractivity contribution in [2.75, 3.05) is 19.8 Å². The second-order valence-corrected chi connectivity index (χ2v) is 12.0. The maximum absolute atomic E-state index is 14.5. The molecule has 8 atom stereocenters. The third kappa shape index (κ3) is 5.21. The van der Waals surface area contributed by atoms with E-state index >= 15 is 0 Å². The highest BCUT2D eigenvalue weighted by Crippen LogP contribution is 2.61. The van der Waals surface area contributed by atoms with Gasteiger partial charge < -0.3 is 24.4 Å². The Morgan fingerprint density at radius 2 is 2.03 bits per heavy atom. The van der Waals surface area contributed by atoms with Crippen LogP contribution in [0.5, 0.6) is 0 Å². The summed E-state index contributed by atoms with van der Waals surface area (Å²) >= 11 is 3.68. The normalized spacial score (nSPS) is 30.5. The first kappa shape index (κ1) is 29.5. The fraction of sp³-hybridized carbons (Fsp3) is 0.567. The van der Waals surface area contributed by atoms with Crippen LogP contribution in [0.2, 0.25) is 0 Å². The van der Waals surface area contributed by atoms with E-state index < -0.39 is 41.6 Å². The van der Waals surface area contributed by atoms with Crippen molar-refractivity contribution in [3.63, 3.8) is 0 Å². The molecule has 1 spiro atoms. The number of halogens is 1. The smallest absolute Gasteiger partial charge is 0.312 e. The summed E-state index contributed by atoms with van der Waals surface area (Å²) in [5.41, 5.74) is -0.275. The Hall–Kier alpha value is -2.49. The summed E-state index contributed by atoms with van der Waals surface area (Å²) in [6.07, 6.45) is 4.32. The summed E-state index contributed by atoms with van der Waals surface area (Å²) in [5, 5.41) is 10.5. The molecule has 3 fully saturated rings. The Morgan fingerprint density at radius 3 is 2.64 bits per heavy atom. The van der Waals surface area contributed by atoms with Gasteiger partial charge in [0.25, 0.3) is 0 Å². The topological polar surface area (TPSA) is 96.4 Å². The van der Waals surface area contributed by atoms with Gasteiger partial charge in [-0.3, -0.25) is 14.4 Å². The maximum atomic E-state index is 14.5. The van der Waals surface area contributed by atoms with Crippen LogP contribution in [-0.4, -0.2) is 81.1 Å². The molecule has 0 aliphatic carbocycles. The van der Waals surface area contributed by atoms with Crippen molar-refractivity contribution in [1.29, 1.82) is 0 Å². The highest BCUT2D eigenvalue weighted by molar-refractivity contribution is 9.09. The number of benzene rings is 1. The monoisotopic (exact) mass is 602 g/mol. The van der Waals surface area contributed by atoms with E-state index in [9.17, 15) is 19.5 Å². The molecule has 3 aliphatic rings. The molecule has 8 nitrogen and oxygen atoms in total. The molecule has 1 aromatic carbocycles. The van der Waals surface area contributed by atoms with Crippen LogP contribution in [-0.2, 0) is 30.4 Å². The SMILES string of the molecule is C=CCCOC(=O)[C@H]1[C@@H]2OC3(CC2Br)C(C(=O)N(CC=C)Cc2ccccc2)N([C@@H](CO)[C@@H](C)CC)C(=O)[C@H]13. The molecule has 3 unspecified atom stereocenters. The first-order chi connectivity index (χ1) is 18.7. The van der Waals surface area contributed by atoms with E-state index in [1.807, 2.05) is 44.2 Å². The van der Waals surface area contributed by atoms with E-state index in [2.05, 4.69) is 29.1 Å². The predicted octanol–water partition coefficient (Wildman–Crippen LogP) is 3.48. The summed E-state index contributed by atoms with van der Waals surface area (Å²) in [6.45, 7) is 11.9. The first-order valence-corrected chi connectivity index (χ1v) is 14.6. The lowest BCUT2D eigenvalue weighted by atomic mass is 9.70. The van der Waals surface area contributed by atoms with Crippen molar-refractivity contribution in [3.8, 4) is 0 Å². The van der Waals surface area contributed by atoms with Gasteiger partial charge >= 0.3 is 5.97 Å². The summed E-state index contributed by atoms with van der Waals surface area (Å²) in [4.78, 5) is 45.2. The van der Waals surface area contributed by atoms with Crippen LogP contribution in [0.1, 0.15) is 38.7 Å². The Morgan fingerprint density at radius 1 is 1.31 bits per heavy atom. The van der Waals surface area contributed by atoms with Gasteiger partial charge in [-0.05, 0) is 24.3 Å². The van der Waals surface area contributed by atoms with Crippen molar-refractivity contribution >= 4 is 33.7 Å².